The van der Waals surface area contributed by atoms with E-state index in [1.54, 1.807) is 0 Å². The minimum Gasteiger partial charge on any atom is -0.494 e. The zero-order valence-corrected chi connectivity index (χ0v) is 8.55. The monoisotopic (exact) mass is 197 g/mol. The minimum absolute atomic E-state index is 0.652. The molecule has 1 nitrogen and oxygen atoms in total. The summed E-state index contributed by atoms with van der Waals surface area (Å²) in [5, 5.41) is 0. The van der Waals surface area contributed by atoms with Crippen molar-refractivity contribution in [3.8, 4) is 5.75 Å². The van der Waals surface area contributed by atoms with Crippen molar-refractivity contribution in [3.63, 3.8) is 0 Å². The Hall–Kier alpha value is -0.690. The second-order valence-electron chi connectivity index (χ2n) is 2.75. The predicted octanol–water partition coefficient (Wildman–Crippen LogP) is 3.27. The second kappa shape index (κ2) is 5.87. The van der Waals surface area contributed by atoms with Crippen LogP contribution < -0.4 is 4.74 Å². The Balaban J connectivity index is 2.46. The lowest BCUT2D eigenvalue weighted by atomic mass is 10.2. The molecule has 0 amide bonds. The van der Waals surface area contributed by atoms with Crippen molar-refractivity contribution in [1.29, 1.82) is 0 Å². The van der Waals surface area contributed by atoms with Crippen molar-refractivity contribution in [3.05, 3.63) is 36.2 Å². The highest BCUT2D eigenvalue weighted by atomic mass is 35.5. The molecule has 0 heterocycles. The standard InChI is InChI=1S/C11H14ClO/c1-2-10-5-3-6-11(9-10)13-8-4-7-12/h2-3,5-6,9H,4,7-8H2,1H3. The van der Waals surface area contributed by atoms with E-state index in [-0.39, 0.29) is 0 Å². The van der Waals surface area contributed by atoms with Crippen LogP contribution in [0, 0.1) is 6.42 Å². The summed E-state index contributed by atoms with van der Waals surface area (Å²) in [5.74, 6) is 1.57. The maximum atomic E-state index is 5.54. The van der Waals surface area contributed by atoms with Gasteiger partial charge >= 0.3 is 0 Å². The molecule has 71 valence electrons. The van der Waals surface area contributed by atoms with E-state index in [2.05, 4.69) is 12.5 Å². The number of benzene rings is 1. The van der Waals surface area contributed by atoms with Gasteiger partial charge in [0.25, 0.3) is 0 Å². The Morgan fingerprint density at radius 3 is 3.00 bits per heavy atom. The normalized spacial score (nSPS) is 10.0. The van der Waals surface area contributed by atoms with Gasteiger partial charge in [0.05, 0.1) is 6.61 Å². The summed E-state index contributed by atoms with van der Waals surface area (Å²) in [6.07, 6.45) is 2.94. The molecule has 0 atom stereocenters. The van der Waals surface area contributed by atoms with E-state index in [1.165, 1.54) is 5.56 Å². The number of ether oxygens (including phenoxy) is 1. The fraction of sp³-hybridized carbons (Fsp3) is 0.364. The van der Waals surface area contributed by atoms with Crippen LogP contribution in [0.5, 0.6) is 5.75 Å². The van der Waals surface area contributed by atoms with Crippen LogP contribution >= 0.6 is 11.6 Å². The lowest BCUT2D eigenvalue weighted by Gasteiger charge is -2.05. The average molecular weight is 198 g/mol. The smallest absolute Gasteiger partial charge is 0.119 e. The van der Waals surface area contributed by atoms with E-state index in [0.29, 0.717) is 12.5 Å². The molecular formula is C11H14ClO. The molecule has 0 aliphatic heterocycles. The van der Waals surface area contributed by atoms with Gasteiger partial charge in [-0.05, 0) is 30.5 Å². The first-order valence-electron chi connectivity index (χ1n) is 4.45. The Labute approximate surface area is 84.7 Å². The molecule has 0 saturated carbocycles. The van der Waals surface area contributed by atoms with Gasteiger partial charge in [0.15, 0.2) is 0 Å². The number of alkyl halides is 1. The Morgan fingerprint density at radius 1 is 1.46 bits per heavy atom. The second-order valence-corrected chi connectivity index (χ2v) is 3.13. The predicted molar refractivity (Wildman–Crippen MR) is 56.4 cm³/mol. The molecule has 2 heteroatoms. The maximum absolute atomic E-state index is 5.54. The molecule has 0 unspecified atom stereocenters. The van der Waals surface area contributed by atoms with Gasteiger partial charge in [0, 0.05) is 5.88 Å². The number of rotatable bonds is 5. The Bertz CT molecular complexity index is 248. The van der Waals surface area contributed by atoms with Crippen molar-refractivity contribution in [2.75, 3.05) is 12.5 Å². The van der Waals surface area contributed by atoms with E-state index >= 15 is 0 Å². The molecule has 0 aliphatic rings. The third-order valence-electron chi connectivity index (χ3n) is 1.74. The van der Waals surface area contributed by atoms with Crippen molar-refractivity contribution in [1.82, 2.24) is 0 Å². The summed E-state index contributed by atoms with van der Waals surface area (Å²) in [6.45, 7) is 2.70. The van der Waals surface area contributed by atoms with Crippen LogP contribution in [0.3, 0.4) is 0 Å². The van der Waals surface area contributed by atoms with Crippen LogP contribution in [0.15, 0.2) is 24.3 Å². The molecule has 0 saturated heterocycles. The van der Waals surface area contributed by atoms with Crippen LogP contribution in [0.2, 0.25) is 0 Å². The number of halogens is 1. The summed E-state index contributed by atoms with van der Waals surface area (Å²) in [4.78, 5) is 0. The summed E-state index contributed by atoms with van der Waals surface area (Å²) >= 11 is 5.54. The van der Waals surface area contributed by atoms with E-state index < -0.39 is 0 Å². The number of hydrogen-bond donors (Lipinski definition) is 0. The molecule has 0 spiro atoms. The fourth-order valence-corrected chi connectivity index (χ4v) is 1.14. The van der Waals surface area contributed by atoms with E-state index in [0.717, 1.165) is 12.2 Å². The fourth-order valence-electron chi connectivity index (χ4n) is 1.03. The van der Waals surface area contributed by atoms with E-state index in [1.807, 2.05) is 25.1 Å². The third kappa shape index (κ3) is 3.69. The molecule has 13 heavy (non-hydrogen) atoms. The van der Waals surface area contributed by atoms with Gasteiger partial charge < -0.3 is 4.74 Å². The first-order chi connectivity index (χ1) is 6.36. The van der Waals surface area contributed by atoms with Crippen molar-refractivity contribution in [2.24, 2.45) is 0 Å². The van der Waals surface area contributed by atoms with Crippen LogP contribution in [0.1, 0.15) is 18.9 Å². The van der Waals surface area contributed by atoms with Gasteiger partial charge in [-0.3, -0.25) is 0 Å². The summed E-state index contributed by atoms with van der Waals surface area (Å²) < 4.78 is 5.48. The van der Waals surface area contributed by atoms with Gasteiger partial charge in [0.1, 0.15) is 5.75 Å². The lowest BCUT2D eigenvalue weighted by Crippen LogP contribution is -1.97. The topological polar surface area (TPSA) is 9.23 Å². The molecule has 1 aromatic rings. The van der Waals surface area contributed by atoms with Gasteiger partial charge in [-0.25, -0.2) is 0 Å². The van der Waals surface area contributed by atoms with Crippen molar-refractivity contribution in [2.45, 2.75) is 13.3 Å². The molecule has 1 aromatic carbocycles. The third-order valence-corrected chi connectivity index (χ3v) is 2.01. The van der Waals surface area contributed by atoms with Gasteiger partial charge in [0.2, 0.25) is 0 Å². The van der Waals surface area contributed by atoms with E-state index in [4.69, 9.17) is 16.3 Å². The molecule has 0 fully saturated rings. The molecule has 1 radical (unpaired) electrons. The van der Waals surface area contributed by atoms with Crippen molar-refractivity contribution >= 4 is 11.6 Å². The SMILES string of the molecule is C[CH]c1cccc(OCCCCl)c1. The summed E-state index contributed by atoms with van der Waals surface area (Å²) in [7, 11) is 0. The Morgan fingerprint density at radius 2 is 2.31 bits per heavy atom. The quantitative estimate of drug-likeness (QED) is 0.520. The lowest BCUT2D eigenvalue weighted by molar-refractivity contribution is 0.318. The highest BCUT2D eigenvalue weighted by molar-refractivity contribution is 6.17. The molecule has 0 aliphatic carbocycles. The molecule has 1 rings (SSSR count). The highest BCUT2D eigenvalue weighted by Gasteiger charge is 1.94. The van der Waals surface area contributed by atoms with E-state index in [9.17, 15) is 0 Å². The van der Waals surface area contributed by atoms with Crippen LogP contribution in [-0.2, 0) is 0 Å². The van der Waals surface area contributed by atoms with Gasteiger partial charge in [-0.1, -0.05) is 19.1 Å². The number of hydrogen-bond acceptors (Lipinski definition) is 1. The Kier molecular flexibility index (Phi) is 4.69. The summed E-state index contributed by atoms with van der Waals surface area (Å²) in [6, 6.07) is 8.02. The molecule has 0 bridgehead atoms. The summed E-state index contributed by atoms with van der Waals surface area (Å²) in [5.41, 5.74) is 1.18. The largest absolute Gasteiger partial charge is 0.494 e. The average Bonchev–Trinajstić information content (AvgIpc) is 2.19. The maximum Gasteiger partial charge on any atom is 0.119 e. The van der Waals surface area contributed by atoms with Gasteiger partial charge in [-0.2, -0.15) is 0 Å². The zero-order chi connectivity index (χ0) is 9.52. The van der Waals surface area contributed by atoms with Crippen LogP contribution in [-0.4, -0.2) is 12.5 Å². The minimum atomic E-state index is 0.652. The molecular weight excluding hydrogens is 184 g/mol. The zero-order valence-electron chi connectivity index (χ0n) is 7.79. The van der Waals surface area contributed by atoms with Crippen LogP contribution in [0.25, 0.3) is 0 Å². The van der Waals surface area contributed by atoms with Gasteiger partial charge in [-0.15, -0.1) is 11.6 Å². The molecule has 0 aromatic heterocycles. The molecule has 0 N–H and O–H groups in total. The first-order valence-corrected chi connectivity index (χ1v) is 4.98. The van der Waals surface area contributed by atoms with Crippen molar-refractivity contribution < 1.29 is 4.74 Å². The first kappa shape index (κ1) is 10.4. The van der Waals surface area contributed by atoms with Crippen LogP contribution in [0.4, 0.5) is 0 Å². The highest BCUT2D eigenvalue weighted by Crippen LogP contribution is 2.14.